The summed E-state index contributed by atoms with van der Waals surface area (Å²) in [5, 5.41) is 2.27. The summed E-state index contributed by atoms with van der Waals surface area (Å²) in [5.74, 6) is -2.61. The Morgan fingerprint density at radius 3 is 1.74 bits per heavy atom. The topological polar surface area (TPSA) is 117 Å². The molecule has 0 aromatic rings. The summed E-state index contributed by atoms with van der Waals surface area (Å²) < 4.78 is 33.1. The standard InChI is InChI=1S/C15H26Cl2NO8P/c1-4-23-13(20)15(18-12(3)19,14(21)24-5-2)6-11-27(22,25-9-7-16)26-10-8-17/h4-11H2,1-3H3,(H,18,19). The highest BCUT2D eigenvalue weighted by Crippen LogP contribution is 2.49. The minimum Gasteiger partial charge on any atom is -0.464 e. The SMILES string of the molecule is CCOC(=O)C(CCP(=O)(OCCCl)OCCCl)(NC(C)=O)C(=O)OCC. The van der Waals surface area contributed by atoms with Crippen LogP contribution >= 0.6 is 30.8 Å². The van der Waals surface area contributed by atoms with Gasteiger partial charge in [0.1, 0.15) is 0 Å². The van der Waals surface area contributed by atoms with E-state index in [9.17, 15) is 18.9 Å². The molecule has 0 rings (SSSR count). The van der Waals surface area contributed by atoms with Crippen molar-refractivity contribution in [1.29, 1.82) is 0 Å². The Balaban J connectivity index is 5.74. The predicted octanol–water partition coefficient (Wildman–Crippen LogP) is 2.08. The Kier molecular flexibility index (Phi) is 12.9. The van der Waals surface area contributed by atoms with Gasteiger partial charge in [-0.1, -0.05) is 0 Å². The fourth-order valence-corrected chi connectivity index (χ4v) is 4.13. The molecule has 0 aromatic carbocycles. The molecule has 0 spiro atoms. The second-order valence-corrected chi connectivity index (χ2v) is 8.10. The van der Waals surface area contributed by atoms with Crippen LogP contribution in [0.1, 0.15) is 27.2 Å². The Labute approximate surface area is 168 Å². The Morgan fingerprint density at radius 2 is 1.41 bits per heavy atom. The minimum atomic E-state index is -3.75. The van der Waals surface area contributed by atoms with Crippen molar-refractivity contribution >= 4 is 48.6 Å². The molecule has 0 aromatic heterocycles. The Hall–Kier alpha value is -0.860. The fraction of sp³-hybridized carbons (Fsp3) is 0.800. The van der Waals surface area contributed by atoms with Gasteiger partial charge >= 0.3 is 19.5 Å². The number of carbonyl (C=O) groups is 3. The van der Waals surface area contributed by atoms with Gasteiger partial charge in [-0.05, 0) is 13.8 Å². The lowest BCUT2D eigenvalue weighted by atomic mass is 9.96. The van der Waals surface area contributed by atoms with E-state index in [2.05, 4.69) is 5.32 Å². The van der Waals surface area contributed by atoms with Crippen LogP contribution in [0.15, 0.2) is 0 Å². The largest absolute Gasteiger partial charge is 0.464 e. The van der Waals surface area contributed by atoms with Crippen LogP contribution in [0.3, 0.4) is 0 Å². The van der Waals surface area contributed by atoms with Crippen molar-refractivity contribution in [2.24, 2.45) is 0 Å². The first-order valence-electron chi connectivity index (χ1n) is 8.34. The van der Waals surface area contributed by atoms with E-state index in [4.69, 9.17) is 41.7 Å². The smallest absolute Gasteiger partial charge is 0.343 e. The van der Waals surface area contributed by atoms with E-state index < -0.39 is 37.4 Å². The second-order valence-electron chi connectivity index (χ2n) is 5.16. The predicted molar refractivity (Wildman–Crippen MR) is 100 cm³/mol. The van der Waals surface area contributed by atoms with E-state index in [-0.39, 0.29) is 44.3 Å². The number of carbonyl (C=O) groups excluding carboxylic acids is 3. The molecular weight excluding hydrogens is 424 g/mol. The first-order valence-corrected chi connectivity index (χ1v) is 11.1. The average molecular weight is 450 g/mol. The first-order chi connectivity index (χ1) is 12.7. The van der Waals surface area contributed by atoms with E-state index in [1.807, 2.05) is 0 Å². The molecule has 0 radical (unpaired) electrons. The van der Waals surface area contributed by atoms with Crippen molar-refractivity contribution in [1.82, 2.24) is 5.32 Å². The van der Waals surface area contributed by atoms with E-state index in [0.717, 1.165) is 6.92 Å². The van der Waals surface area contributed by atoms with Gasteiger partial charge in [0.2, 0.25) is 11.4 Å². The highest BCUT2D eigenvalue weighted by molar-refractivity contribution is 7.53. The average Bonchev–Trinajstić information content (AvgIpc) is 2.62. The zero-order valence-electron chi connectivity index (χ0n) is 15.6. The van der Waals surface area contributed by atoms with Crippen LogP contribution < -0.4 is 5.32 Å². The number of rotatable bonds is 14. The lowest BCUT2D eigenvalue weighted by Gasteiger charge is -2.30. The van der Waals surface area contributed by atoms with Gasteiger partial charge in [-0.2, -0.15) is 0 Å². The molecule has 0 aliphatic rings. The van der Waals surface area contributed by atoms with Crippen molar-refractivity contribution in [3.8, 4) is 0 Å². The van der Waals surface area contributed by atoms with E-state index in [0.29, 0.717) is 0 Å². The second kappa shape index (κ2) is 13.3. The maximum absolute atomic E-state index is 12.8. The van der Waals surface area contributed by atoms with Gasteiger partial charge in [-0.3, -0.25) is 9.36 Å². The van der Waals surface area contributed by atoms with Crippen LogP contribution in [0.4, 0.5) is 0 Å². The lowest BCUT2D eigenvalue weighted by molar-refractivity contribution is -0.168. The molecule has 0 fully saturated rings. The van der Waals surface area contributed by atoms with Crippen LogP contribution in [0, 0.1) is 0 Å². The summed E-state index contributed by atoms with van der Waals surface area (Å²) >= 11 is 11.1. The summed E-state index contributed by atoms with van der Waals surface area (Å²) in [5.41, 5.74) is -2.18. The highest BCUT2D eigenvalue weighted by Gasteiger charge is 2.51. The zero-order valence-corrected chi connectivity index (χ0v) is 18.0. The van der Waals surface area contributed by atoms with Crippen molar-refractivity contribution in [3.05, 3.63) is 0 Å². The monoisotopic (exact) mass is 449 g/mol. The third-order valence-corrected chi connectivity index (χ3v) is 5.36. The quantitative estimate of drug-likeness (QED) is 0.185. The number of amides is 1. The van der Waals surface area contributed by atoms with E-state index >= 15 is 0 Å². The normalized spacial score (nSPS) is 11.7. The Bertz CT molecular complexity index is 516. The molecule has 1 amide bonds. The van der Waals surface area contributed by atoms with Gasteiger partial charge in [0.15, 0.2) is 0 Å². The molecule has 0 atom stereocenters. The molecule has 0 heterocycles. The third kappa shape index (κ3) is 8.79. The van der Waals surface area contributed by atoms with E-state index in [1.54, 1.807) is 13.8 Å². The number of alkyl halides is 2. The molecule has 1 N–H and O–H groups in total. The van der Waals surface area contributed by atoms with Crippen LogP contribution in [0.25, 0.3) is 0 Å². The zero-order chi connectivity index (χ0) is 20.9. The molecule has 0 unspecified atom stereocenters. The lowest BCUT2D eigenvalue weighted by Crippen LogP contribution is -2.61. The molecule has 0 saturated heterocycles. The van der Waals surface area contributed by atoms with Crippen LogP contribution in [0.2, 0.25) is 0 Å². The minimum absolute atomic E-state index is 0.0390. The van der Waals surface area contributed by atoms with Crippen LogP contribution in [0.5, 0.6) is 0 Å². The molecule has 27 heavy (non-hydrogen) atoms. The molecular formula is C15H26Cl2NO8P. The molecule has 0 saturated carbocycles. The van der Waals surface area contributed by atoms with Gasteiger partial charge in [-0.25, -0.2) is 9.59 Å². The summed E-state index contributed by atoms with van der Waals surface area (Å²) in [6.45, 7) is 3.98. The first kappa shape index (κ1) is 26.1. The Morgan fingerprint density at radius 1 is 0.963 bits per heavy atom. The van der Waals surface area contributed by atoms with Crippen LogP contribution in [-0.4, -0.2) is 67.7 Å². The maximum Gasteiger partial charge on any atom is 0.343 e. The highest BCUT2D eigenvalue weighted by atomic mass is 35.5. The van der Waals surface area contributed by atoms with Gasteiger partial charge < -0.3 is 23.8 Å². The van der Waals surface area contributed by atoms with Gasteiger partial charge in [0.25, 0.3) is 0 Å². The number of esters is 2. The summed E-state index contributed by atoms with van der Waals surface area (Å²) in [4.78, 5) is 36.7. The number of ether oxygens (including phenoxy) is 2. The fourth-order valence-electron chi connectivity index (χ4n) is 2.08. The summed E-state index contributed by atoms with van der Waals surface area (Å²) in [7, 11) is -3.75. The maximum atomic E-state index is 12.8. The number of nitrogens with one attached hydrogen (secondary N) is 1. The number of hydrogen-bond donors (Lipinski definition) is 1. The van der Waals surface area contributed by atoms with Gasteiger partial charge in [-0.15, -0.1) is 23.2 Å². The van der Waals surface area contributed by atoms with Gasteiger partial charge in [0, 0.05) is 25.1 Å². The summed E-state index contributed by atoms with van der Waals surface area (Å²) in [6, 6.07) is 0. The van der Waals surface area contributed by atoms with Crippen LogP contribution in [-0.2, 0) is 37.5 Å². The number of hydrogen-bond acceptors (Lipinski definition) is 8. The van der Waals surface area contributed by atoms with Crippen molar-refractivity contribution in [2.75, 3.05) is 44.3 Å². The van der Waals surface area contributed by atoms with Crippen molar-refractivity contribution < 1.29 is 37.5 Å². The molecule has 0 bridgehead atoms. The molecule has 158 valence electrons. The molecule has 9 nitrogen and oxygen atoms in total. The summed E-state index contributed by atoms with van der Waals surface area (Å²) in [6.07, 6.45) is -0.801. The molecule has 12 heteroatoms. The van der Waals surface area contributed by atoms with E-state index in [1.165, 1.54) is 0 Å². The molecule has 0 aliphatic heterocycles. The van der Waals surface area contributed by atoms with Crippen molar-refractivity contribution in [3.63, 3.8) is 0 Å². The number of halogens is 2. The van der Waals surface area contributed by atoms with Gasteiger partial charge in [0.05, 0.1) is 32.6 Å². The third-order valence-electron chi connectivity index (χ3n) is 3.13. The molecule has 0 aliphatic carbocycles. The van der Waals surface area contributed by atoms with Crippen molar-refractivity contribution in [2.45, 2.75) is 32.7 Å².